The molecule has 1 aromatic heterocycles. The lowest BCUT2D eigenvalue weighted by Gasteiger charge is -2.21. The molecule has 0 saturated heterocycles. The topological polar surface area (TPSA) is 47.0 Å². The van der Waals surface area contributed by atoms with E-state index in [1.165, 1.54) is 0 Å². The maximum Gasteiger partial charge on any atom is 0.151 e. The van der Waals surface area contributed by atoms with Crippen LogP contribution < -0.4 is 0 Å². The van der Waals surface area contributed by atoms with Gasteiger partial charge in [-0.3, -0.25) is 9.59 Å². The summed E-state index contributed by atoms with van der Waals surface area (Å²) in [6.45, 7) is 2.08. The molecule has 138 valence electrons. The van der Waals surface area contributed by atoms with Crippen molar-refractivity contribution in [2.75, 3.05) is 0 Å². The van der Waals surface area contributed by atoms with E-state index in [2.05, 4.69) is 18.0 Å². The van der Waals surface area contributed by atoms with Crippen molar-refractivity contribution in [3.05, 3.63) is 52.8 Å². The summed E-state index contributed by atoms with van der Waals surface area (Å²) >= 11 is 5.91. The van der Waals surface area contributed by atoms with Crippen molar-refractivity contribution in [3.8, 4) is 11.1 Å². The standard InChI is InChI=1S/C23H22ClNO2/c1-2-12-3-4-13(16-7-8-18(24)25-11-16)10-17(12)21-22(26)19-14-5-6-15(9-14)20(19)23(21)27/h3-4,7-8,10-11,14-15,19-21H,2,5-6,9H2,1H3. The fourth-order valence-electron chi connectivity index (χ4n) is 5.85. The van der Waals surface area contributed by atoms with Gasteiger partial charge in [0.15, 0.2) is 11.6 Å². The average molecular weight is 380 g/mol. The van der Waals surface area contributed by atoms with Crippen LogP contribution in [0.25, 0.3) is 11.1 Å². The van der Waals surface area contributed by atoms with E-state index < -0.39 is 5.92 Å². The number of ketones is 2. The van der Waals surface area contributed by atoms with Gasteiger partial charge in [-0.15, -0.1) is 0 Å². The molecule has 3 saturated carbocycles. The minimum atomic E-state index is -0.571. The molecule has 0 N–H and O–H groups in total. The Hall–Kier alpha value is -2.00. The highest BCUT2D eigenvalue weighted by atomic mass is 35.5. The fourth-order valence-corrected chi connectivity index (χ4v) is 5.97. The minimum absolute atomic E-state index is 0.0215. The molecule has 1 aromatic carbocycles. The summed E-state index contributed by atoms with van der Waals surface area (Å²) in [5, 5.41) is 0.452. The molecule has 3 aliphatic rings. The molecule has 4 heteroatoms. The highest BCUT2D eigenvalue weighted by molar-refractivity contribution is 6.29. The number of carbonyl (C=O) groups excluding carboxylic acids is 2. The Kier molecular flexibility index (Phi) is 3.98. The molecule has 0 radical (unpaired) electrons. The van der Waals surface area contributed by atoms with Gasteiger partial charge in [-0.25, -0.2) is 4.98 Å². The van der Waals surface area contributed by atoms with Crippen LogP contribution in [-0.2, 0) is 16.0 Å². The SMILES string of the molecule is CCc1ccc(-c2ccc(Cl)nc2)cc1C1C(=O)C2C3CCC(C3)C2C1=O. The number of hydrogen-bond acceptors (Lipinski definition) is 3. The lowest BCUT2D eigenvalue weighted by atomic mass is 9.81. The third-order valence-electron chi connectivity index (χ3n) is 7.04. The lowest BCUT2D eigenvalue weighted by Crippen LogP contribution is -2.24. The van der Waals surface area contributed by atoms with Crippen molar-refractivity contribution < 1.29 is 9.59 Å². The molecular formula is C23H22ClNO2. The Bertz CT molecular complexity index is 908. The van der Waals surface area contributed by atoms with E-state index in [4.69, 9.17) is 11.6 Å². The second kappa shape index (κ2) is 6.27. The average Bonchev–Trinajstić information content (AvgIpc) is 3.36. The smallest absolute Gasteiger partial charge is 0.151 e. The number of benzene rings is 1. The molecule has 3 fully saturated rings. The summed E-state index contributed by atoms with van der Waals surface area (Å²) in [4.78, 5) is 30.8. The molecule has 3 aliphatic carbocycles. The number of aryl methyl sites for hydroxylation is 1. The van der Waals surface area contributed by atoms with Gasteiger partial charge >= 0.3 is 0 Å². The molecule has 27 heavy (non-hydrogen) atoms. The summed E-state index contributed by atoms with van der Waals surface area (Å²) in [5.74, 6) is 0.624. The Morgan fingerprint density at radius 3 is 2.26 bits per heavy atom. The molecule has 1 heterocycles. The second-order valence-corrected chi connectivity index (χ2v) is 8.65. The second-order valence-electron chi connectivity index (χ2n) is 8.26. The number of aromatic nitrogens is 1. The van der Waals surface area contributed by atoms with E-state index in [0.717, 1.165) is 47.9 Å². The minimum Gasteiger partial charge on any atom is -0.298 e. The zero-order chi connectivity index (χ0) is 18.7. The third-order valence-corrected chi connectivity index (χ3v) is 7.26. The van der Waals surface area contributed by atoms with Crippen molar-refractivity contribution in [1.82, 2.24) is 4.98 Å². The van der Waals surface area contributed by atoms with Gasteiger partial charge in [-0.05, 0) is 72.4 Å². The quantitative estimate of drug-likeness (QED) is 0.565. The summed E-state index contributed by atoms with van der Waals surface area (Å²) in [7, 11) is 0. The first-order chi connectivity index (χ1) is 13.1. The van der Waals surface area contributed by atoms with E-state index in [0.29, 0.717) is 17.0 Å². The number of carbonyl (C=O) groups is 2. The number of rotatable bonds is 3. The summed E-state index contributed by atoms with van der Waals surface area (Å²) in [6.07, 6.45) is 5.87. The van der Waals surface area contributed by atoms with E-state index >= 15 is 0 Å². The highest BCUT2D eigenvalue weighted by Crippen LogP contribution is 2.59. The van der Waals surface area contributed by atoms with E-state index in [1.54, 1.807) is 12.3 Å². The van der Waals surface area contributed by atoms with Crippen molar-refractivity contribution in [2.45, 2.75) is 38.5 Å². The van der Waals surface area contributed by atoms with Gasteiger partial charge in [-0.1, -0.05) is 30.7 Å². The highest BCUT2D eigenvalue weighted by Gasteiger charge is 2.61. The largest absolute Gasteiger partial charge is 0.298 e. The molecule has 0 aliphatic heterocycles. The maximum atomic E-state index is 13.3. The number of nitrogens with zero attached hydrogens (tertiary/aromatic N) is 1. The summed E-state index contributed by atoms with van der Waals surface area (Å²) in [5.41, 5.74) is 3.93. The van der Waals surface area contributed by atoms with Crippen LogP contribution in [0.4, 0.5) is 0 Å². The summed E-state index contributed by atoms with van der Waals surface area (Å²) < 4.78 is 0. The van der Waals surface area contributed by atoms with Gasteiger partial charge in [0.25, 0.3) is 0 Å². The predicted molar refractivity (Wildman–Crippen MR) is 105 cm³/mol. The molecule has 4 atom stereocenters. The van der Waals surface area contributed by atoms with Crippen LogP contribution in [0.2, 0.25) is 5.15 Å². The van der Waals surface area contributed by atoms with Crippen LogP contribution in [0.1, 0.15) is 43.2 Å². The van der Waals surface area contributed by atoms with E-state index in [9.17, 15) is 9.59 Å². The first kappa shape index (κ1) is 17.1. The van der Waals surface area contributed by atoms with Crippen molar-refractivity contribution in [3.63, 3.8) is 0 Å². The molecule has 0 spiro atoms. The van der Waals surface area contributed by atoms with Crippen LogP contribution in [0.5, 0.6) is 0 Å². The molecule has 4 unspecified atom stereocenters. The van der Waals surface area contributed by atoms with Crippen molar-refractivity contribution >= 4 is 23.2 Å². The van der Waals surface area contributed by atoms with Gasteiger partial charge in [0.05, 0.1) is 0 Å². The molecule has 3 nitrogen and oxygen atoms in total. The predicted octanol–water partition coefficient (Wildman–Crippen LogP) is 4.86. The summed E-state index contributed by atoms with van der Waals surface area (Å²) in [6, 6.07) is 9.82. The number of halogens is 1. The van der Waals surface area contributed by atoms with Crippen LogP contribution in [0, 0.1) is 23.7 Å². The van der Waals surface area contributed by atoms with Gasteiger partial charge in [-0.2, -0.15) is 0 Å². The first-order valence-electron chi connectivity index (χ1n) is 9.90. The molecular weight excluding hydrogens is 358 g/mol. The Morgan fingerprint density at radius 2 is 1.67 bits per heavy atom. The number of hydrogen-bond donors (Lipinski definition) is 0. The zero-order valence-corrected chi connectivity index (χ0v) is 16.1. The Labute approximate surface area is 164 Å². The first-order valence-corrected chi connectivity index (χ1v) is 10.3. The molecule has 2 aromatic rings. The lowest BCUT2D eigenvalue weighted by molar-refractivity contribution is -0.125. The van der Waals surface area contributed by atoms with Crippen LogP contribution in [0.15, 0.2) is 36.5 Å². The van der Waals surface area contributed by atoms with Crippen LogP contribution in [-0.4, -0.2) is 16.6 Å². The number of pyridine rings is 1. The Balaban J connectivity index is 1.58. The third kappa shape index (κ3) is 2.51. The van der Waals surface area contributed by atoms with Crippen LogP contribution in [0.3, 0.4) is 0 Å². The van der Waals surface area contributed by atoms with E-state index in [1.807, 2.05) is 18.2 Å². The van der Waals surface area contributed by atoms with Gasteiger partial charge in [0, 0.05) is 23.6 Å². The van der Waals surface area contributed by atoms with Crippen molar-refractivity contribution in [1.29, 1.82) is 0 Å². The number of fused-ring (bicyclic) bond motifs is 5. The van der Waals surface area contributed by atoms with Crippen molar-refractivity contribution in [2.24, 2.45) is 23.7 Å². The normalized spacial score (nSPS) is 31.6. The monoisotopic (exact) mass is 379 g/mol. The molecule has 5 rings (SSSR count). The zero-order valence-electron chi connectivity index (χ0n) is 15.3. The molecule has 0 amide bonds. The van der Waals surface area contributed by atoms with E-state index in [-0.39, 0.29) is 23.4 Å². The maximum absolute atomic E-state index is 13.3. The van der Waals surface area contributed by atoms with Crippen LogP contribution >= 0.6 is 11.6 Å². The van der Waals surface area contributed by atoms with Gasteiger partial charge < -0.3 is 0 Å². The van der Waals surface area contributed by atoms with Gasteiger partial charge in [0.2, 0.25) is 0 Å². The van der Waals surface area contributed by atoms with Gasteiger partial charge in [0.1, 0.15) is 11.1 Å². The fraction of sp³-hybridized carbons (Fsp3) is 0.435. The Morgan fingerprint density at radius 1 is 1.00 bits per heavy atom. The number of Topliss-reactive ketones (excluding diaryl/α,β-unsaturated/α-hetero) is 2. The molecule has 2 bridgehead atoms.